The number of aryl methyl sites for hydroxylation is 1. The third kappa shape index (κ3) is 4.30. The quantitative estimate of drug-likeness (QED) is 0.837. The van der Waals surface area contributed by atoms with Gasteiger partial charge in [-0.25, -0.2) is 0 Å². The van der Waals surface area contributed by atoms with Crippen LogP contribution in [0.2, 0.25) is 0 Å². The van der Waals surface area contributed by atoms with Gasteiger partial charge in [0.15, 0.2) is 0 Å². The second-order valence-corrected chi connectivity index (χ2v) is 5.84. The van der Waals surface area contributed by atoms with E-state index in [0.29, 0.717) is 13.1 Å². The SMILES string of the molecule is COc1ccc(C)cc1C(O)CNCc1ccccc1Br. The molecule has 3 nitrogen and oxygen atoms in total. The first-order valence-electron chi connectivity index (χ1n) is 6.88. The van der Waals surface area contributed by atoms with E-state index in [1.54, 1.807) is 7.11 Å². The minimum Gasteiger partial charge on any atom is -0.496 e. The van der Waals surface area contributed by atoms with Crippen LogP contribution < -0.4 is 10.1 Å². The van der Waals surface area contributed by atoms with Crippen LogP contribution in [0, 0.1) is 6.92 Å². The van der Waals surface area contributed by atoms with Crippen molar-refractivity contribution in [2.45, 2.75) is 19.6 Å². The maximum absolute atomic E-state index is 10.4. The highest BCUT2D eigenvalue weighted by atomic mass is 79.9. The number of hydrogen-bond acceptors (Lipinski definition) is 3. The van der Waals surface area contributed by atoms with Gasteiger partial charge in [0.1, 0.15) is 5.75 Å². The summed E-state index contributed by atoms with van der Waals surface area (Å²) < 4.78 is 6.38. The molecule has 2 aromatic rings. The summed E-state index contributed by atoms with van der Waals surface area (Å²) in [5.74, 6) is 0.718. The van der Waals surface area contributed by atoms with Gasteiger partial charge in [-0.15, -0.1) is 0 Å². The minimum absolute atomic E-state index is 0.473. The van der Waals surface area contributed by atoms with Crippen LogP contribution in [0.1, 0.15) is 22.8 Å². The van der Waals surface area contributed by atoms with Crippen LogP contribution in [0.25, 0.3) is 0 Å². The predicted molar refractivity (Wildman–Crippen MR) is 88.5 cm³/mol. The Bertz CT molecular complexity index is 601. The van der Waals surface area contributed by atoms with Gasteiger partial charge in [0, 0.05) is 23.1 Å². The maximum atomic E-state index is 10.4. The van der Waals surface area contributed by atoms with Crippen molar-refractivity contribution in [3.05, 3.63) is 63.6 Å². The van der Waals surface area contributed by atoms with E-state index in [1.807, 2.05) is 43.3 Å². The minimum atomic E-state index is -0.595. The lowest BCUT2D eigenvalue weighted by atomic mass is 10.0. The first-order valence-corrected chi connectivity index (χ1v) is 7.68. The molecule has 0 aliphatic carbocycles. The Morgan fingerprint density at radius 3 is 2.71 bits per heavy atom. The van der Waals surface area contributed by atoms with Crippen LogP contribution in [-0.2, 0) is 6.54 Å². The molecule has 0 saturated heterocycles. The van der Waals surface area contributed by atoms with E-state index in [0.717, 1.165) is 21.3 Å². The molecule has 0 aliphatic heterocycles. The molecule has 0 heterocycles. The van der Waals surface area contributed by atoms with Crippen LogP contribution >= 0.6 is 15.9 Å². The zero-order valence-corrected chi connectivity index (χ0v) is 13.9. The van der Waals surface area contributed by atoms with Gasteiger partial charge >= 0.3 is 0 Å². The number of aliphatic hydroxyl groups excluding tert-OH is 1. The van der Waals surface area contributed by atoms with E-state index in [-0.39, 0.29) is 0 Å². The van der Waals surface area contributed by atoms with Crippen molar-refractivity contribution in [2.75, 3.05) is 13.7 Å². The molecule has 1 unspecified atom stereocenters. The molecule has 0 spiro atoms. The number of methoxy groups -OCH3 is 1. The van der Waals surface area contributed by atoms with Crippen LogP contribution in [0.15, 0.2) is 46.9 Å². The molecule has 2 N–H and O–H groups in total. The lowest BCUT2D eigenvalue weighted by Crippen LogP contribution is -2.21. The molecule has 0 fully saturated rings. The summed E-state index contributed by atoms with van der Waals surface area (Å²) in [6, 6.07) is 13.9. The standard InChI is InChI=1S/C17H20BrNO2/c1-12-7-8-17(21-2)14(9-12)16(20)11-19-10-13-5-3-4-6-15(13)18/h3-9,16,19-20H,10-11H2,1-2H3. The largest absolute Gasteiger partial charge is 0.496 e. The Balaban J connectivity index is 1.97. The Morgan fingerprint density at radius 1 is 1.24 bits per heavy atom. The second-order valence-electron chi connectivity index (χ2n) is 4.98. The van der Waals surface area contributed by atoms with Crippen molar-refractivity contribution in [1.82, 2.24) is 5.32 Å². The van der Waals surface area contributed by atoms with Crippen molar-refractivity contribution in [3.63, 3.8) is 0 Å². The number of hydrogen-bond donors (Lipinski definition) is 2. The summed E-state index contributed by atoms with van der Waals surface area (Å²) in [6.45, 7) is 3.18. The highest BCUT2D eigenvalue weighted by Gasteiger charge is 2.13. The fourth-order valence-electron chi connectivity index (χ4n) is 2.21. The van der Waals surface area contributed by atoms with Crippen LogP contribution in [0.5, 0.6) is 5.75 Å². The van der Waals surface area contributed by atoms with Crippen molar-refractivity contribution in [3.8, 4) is 5.75 Å². The molecular weight excluding hydrogens is 330 g/mol. The predicted octanol–water partition coefficient (Wildman–Crippen LogP) is 3.59. The lowest BCUT2D eigenvalue weighted by molar-refractivity contribution is 0.170. The Labute approximate surface area is 134 Å². The molecule has 1 atom stereocenters. The van der Waals surface area contributed by atoms with E-state index in [1.165, 1.54) is 5.56 Å². The topological polar surface area (TPSA) is 41.5 Å². The maximum Gasteiger partial charge on any atom is 0.124 e. The van der Waals surface area contributed by atoms with Gasteiger partial charge in [0.2, 0.25) is 0 Å². The molecule has 0 saturated carbocycles. The average molecular weight is 350 g/mol. The number of benzene rings is 2. The Hall–Kier alpha value is -1.36. The monoisotopic (exact) mass is 349 g/mol. The van der Waals surface area contributed by atoms with E-state index in [2.05, 4.69) is 27.3 Å². The summed E-state index contributed by atoms with van der Waals surface area (Å²) in [7, 11) is 1.62. The van der Waals surface area contributed by atoms with E-state index < -0.39 is 6.10 Å². The van der Waals surface area contributed by atoms with Crippen molar-refractivity contribution < 1.29 is 9.84 Å². The number of rotatable bonds is 6. The molecule has 0 aromatic heterocycles. The molecule has 2 aromatic carbocycles. The summed E-state index contributed by atoms with van der Waals surface area (Å²) in [5, 5.41) is 13.6. The summed E-state index contributed by atoms with van der Waals surface area (Å²) >= 11 is 3.52. The molecule has 2 rings (SSSR count). The van der Waals surface area contributed by atoms with Gasteiger partial charge in [-0.2, -0.15) is 0 Å². The number of halogens is 1. The molecule has 21 heavy (non-hydrogen) atoms. The number of nitrogens with one attached hydrogen (secondary N) is 1. The number of aliphatic hydroxyl groups is 1. The summed E-state index contributed by atoms with van der Waals surface area (Å²) in [6.07, 6.45) is -0.595. The summed E-state index contributed by atoms with van der Waals surface area (Å²) in [4.78, 5) is 0. The normalized spacial score (nSPS) is 12.2. The van der Waals surface area contributed by atoms with Crippen LogP contribution in [0.3, 0.4) is 0 Å². The zero-order valence-electron chi connectivity index (χ0n) is 12.3. The Morgan fingerprint density at radius 2 is 2.00 bits per heavy atom. The Kier molecular flexibility index (Phi) is 5.79. The van der Waals surface area contributed by atoms with Crippen LogP contribution in [0.4, 0.5) is 0 Å². The van der Waals surface area contributed by atoms with E-state index >= 15 is 0 Å². The third-order valence-corrected chi connectivity index (χ3v) is 4.13. The molecule has 4 heteroatoms. The van der Waals surface area contributed by atoms with Gasteiger partial charge in [-0.3, -0.25) is 0 Å². The highest BCUT2D eigenvalue weighted by molar-refractivity contribution is 9.10. The number of ether oxygens (including phenoxy) is 1. The average Bonchev–Trinajstić information content (AvgIpc) is 2.49. The van der Waals surface area contributed by atoms with Crippen molar-refractivity contribution in [1.29, 1.82) is 0 Å². The zero-order chi connectivity index (χ0) is 15.2. The lowest BCUT2D eigenvalue weighted by Gasteiger charge is -2.16. The van der Waals surface area contributed by atoms with Gasteiger partial charge in [-0.05, 0) is 30.7 Å². The first-order chi connectivity index (χ1) is 10.1. The smallest absolute Gasteiger partial charge is 0.124 e. The van der Waals surface area contributed by atoms with Crippen molar-refractivity contribution >= 4 is 15.9 Å². The molecule has 112 valence electrons. The molecule has 0 amide bonds. The molecule has 0 radical (unpaired) electrons. The van der Waals surface area contributed by atoms with Gasteiger partial charge in [-0.1, -0.05) is 45.8 Å². The first kappa shape index (κ1) is 16.0. The van der Waals surface area contributed by atoms with Gasteiger partial charge in [0.25, 0.3) is 0 Å². The fraction of sp³-hybridized carbons (Fsp3) is 0.294. The molecule has 0 bridgehead atoms. The fourth-order valence-corrected chi connectivity index (χ4v) is 2.63. The van der Waals surface area contributed by atoms with E-state index in [9.17, 15) is 5.11 Å². The van der Waals surface area contributed by atoms with Gasteiger partial charge < -0.3 is 15.2 Å². The second kappa shape index (κ2) is 7.59. The van der Waals surface area contributed by atoms with Gasteiger partial charge in [0.05, 0.1) is 13.2 Å². The van der Waals surface area contributed by atoms with Crippen LogP contribution in [-0.4, -0.2) is 18.8 Å². The summed E-state index contributed by atoms with van der Waals surface area (Å²) in [5.41, 5.74) is 3.09. The third-order valence-electron chi connectivity index (χ3n) is 3.36. The molecular formula is C17H20BrNO2. The van der Waals surface area contributed by atoms with E-state index in [4.69, 9.17) is 4.74 Å². The highest BCUT2D eigenvalue weighted by Crippen LogP contribution is 2.26. The molecule has 0 aliphatic rings. The van der Waals surface area contributed by atoms with Crippen molar-refractivity contribution in [2.24, 2.45) is 0 Å².